The van der Waals surface area contributed by atoms with Crippen LogP contribution in [0.3, 0.4) is 0 Å². The van der Waals surface area contributed by atoms with Crippen molar-refractivity contribution in [2.45, 2.75) is 19.4 Å². The van der Waals surface area contributed by atoms with Crippen LogP contribution in [0, 0.1) is 5.92 Å². The molecule has 1 fully saturated rings. The fourth-order valence-electron chi connectivity index (χ4n) is 2.51. The third-order valence-corrected chi connectivity index (χ3v) is 3.74. The van der Waals surface area contributed by atoms with Crippen molar-refractivity contribution in [1.29, 1.82) is 0 Å². The number of amides is 1. The molecule has 3 N–H and O–H groups in total. The van der Waals surface area contributed by atoms with E-state index in [2.05, 4.69) is 10.4 Å². The van der Waals surface area contributed by atoms with Crippen molar-refractivity contribution in [3.05, 3.63) is 36.5 Å². The molecule has 1 aromatic heterocycles. The van der Waals surface area contributed by atoms with Gasteiger partial charge in [-0.05, 0) is 37.6 Å². The van der Waals surface area contributed by atoms with Crippen molar-refractivity contribution in [1.82, 2.24) is 9.78 Å². The van der Waals surface area contributed by atoms with Crippen LogP contribution in [0.1, 0.15) is 13.3 Å². The molecule has 6 nitrogen and oxygen atoms in total. The molecule has 1 amide bonds. The minimum absolute atomic E-state index is 0.0304. The van der Waals surface area contributed by atoms with E-state index in [9.17, 15) is 4.79 Å². The molecule has 0 bridgehead atoms. The van der Waals surface area contributed by atoms with Crippen LogP contribution in [0.15, 0.2) is 36.5 Å². The van der Waals surface area contributed by atoms with E-state index in [0.29, 0.717) is 18.1 Å². The van der Waals surface area contributed by atoms with E-state index >= 15 is 0 Å². The van der Waals surface area contributed by atoms with Crippen LogP contribution < -0.4 is 11.1 Å². The smallest absolute Gasteiger partial charge is 0.231 e. The molecule has 2 aromatic rings. The molecule has 21 heavy (non-hydrogen) atoms. The number of nitrogens with one attached hydrogen (secondary N) is 1. The van der Waals surface area contributed by atoms with Crippen molar-refractivity contribution in [2.75, 3.05) is 17.7 Å². The zero-order valence-corrected chi connectivity index (χ0v) is 11.8. The van der Waals surface area contributed by atoms with Crippen LogP contribution in [0.5, 0.6) is 0 Å². The Balaban J connectivity index is 1.79. The molecule has 0 aliphatic carbocycles. The number of benzene rings is 1. The normalized spacial score (nSPS) is 21.4. The molecule has 1 aliphatic heterocycles. The van der Waals surface area contributed by atoms with Gasteiger partial charge >= 0.3 is 0 Å². The van der Waals surface area contributed by atoms with Gasteiger partial charge in [0, 0.05) is 18.4 Å². The summed E-state index contributed by atoms with van der Waals surface area (Å²) < 4.78 is 7.12. The second-order valence-electron chi connectivity index (χ2n) is 5.18. The number of anilines is 2. The number of hydrogen-bond acceptors (Lipinski definition) is 4. The van der Waals surface area contributed by atoms with Gasteiger partial charge in [0.2, 0.25) is 5.91 Å². The molecule has 1 aromatic carbocycles. The molecule has 3 rings (SSSR count). The lowest BCUT2D eigenvalue weighted by atomic mass is 10.0. The van der Waals surface area contributed by atoms with Gasteiger partial charge in [0.1, 0.15) is 5.82 Å². The first-order chi connectivity index (χ1) is 10.1. The van der Waals surface area contributed by atoms with Crippen LogP contribution in [-0.2, 0) is 9.53 Å². The second-order valence-corrected chi connectivity index (χ2v) is 5.18. The summed E-state index contributed by atoms with van der Waals surface area (Å²) in [6.07, 6.45) is 2.36. The molecular formula is C15H18N4O2. The lowest BCUT2D eigenvalue weighted by Gasteiger charge is -2.15. The maximum atomic E-state index is 12.3. The molecule has 0 saturated carbocycles. The molecule has 6 heteroatoms. The van der Waals surface area contributed by atoms with Gasteiger partial charge in [0.25, 0.3) is 0 Å². The Morgan fingerprint density at radius 3 is 2.81 bits per heavy atom. The summed E-state index contributed by atoms with van der Waals surface area (Å²) in [5, 5.41) is 7.17. The minimum atomic E-state index is -0.111. The number of rotatable bonds is 3. The molecule has 2 unspecified atom stereocenters. The first-order valence-corrected chi connectivity index (χ1v) is 6.97. The van der Waals surface area contributed by atoms with Crippen LogP contribution in [-0.4, -0.2) is 28.4 Å². The second kappa shape index (κ2) is 5.57. The van der Waals surface area contributed by atoms with E-state index in [1.54, 1.807) is 29.1 Å². The maximum absolute atomic E-state index is 12.3. The lowest BCUT2D eigenvalue weighted by molar-refractivity contribution is -0.121. The van der Waals surface area contributed by atoms with Gasteiger partial charge in [-0.15, -0.1) is 0 Å². The fourth-order valence-corrected chi connectivity index (χ4v) is 2.51. The number of hydrogen-bond donors (Lipinski definition) is 2. The quantitative estimate of drug-likeness (QED) is 0.843. The average molecular weight is 286 g/mol. The predicted octanol–water partition coefficient (Wildman–Crippen LogP) is 1.82. The highest BCUT2D eigenvalue weighted by Gasteiger charge is 2.31. The van der Waals surface area contributed by atoms with E-state index in [4.69, 9.17) is 10.5 Å². The van der Waals surface area contributed by atoms with E-state index in [0.717, 1.165) is 12.1 Å². The Kier molecular flexibility index (Phi) is 3.62. The number of carbonyl (C=O) groups excluding carboxylic acids is 1. The summed E-state index contributed by atoms with van der Waals surface area (Å²) in [4.78, 5) is 12.3. The summed E-state index contributed by atoms with van der Waals surface area (Å²) >= 11 is 0. The molecule has 0 spiro atoms. The largest absolute Gasteiger partial charge is 0.399 e. The standard InChI is InChI=1S/C15H18N4O2/c1-10-13(7-9-21-10)15(20)18-14-6-8-17-19(14)12-4-2-11(16)3-5-12/h2-6,8,10,13H,7,9,16H2,1H3,(H,18,20). The first kappa shape index (κ1) is 13.6. The zero-order valence-electron chi connectivity index (χ0n) is 11.8. The molecule has 0 radical (unpaired) electrons. The number of nitrogen functional groups attached to an aromatic ring is 1. The Labute approximate surface area is 122 Å². The van der Waals surface area contributed by atoms with Gasteiger partial charge in [0.05, 0.1) is 23.9 Å². The van der Waals surface area contributed by atoms with Crippen molar-refractivity contribution in [3.63, 3.8) is 0 Å². The molecular weight excluding hydrogens is 268 g/mol. The van der Waals surface area contributed by atoms with Crippen molar-refractivity contribution >= 4 is 17.4 Å². The Hall–Kier alpha value is -2.34. The molecule has 2 heterocycles. The van der Waals surface area contributed by atoms with Crippen LogP contribution in [0.25, 0.3) is 5.69 Å². The van der Waals surface area contributed by atoms with Gasteiger partial charge in [-0.3, -0.25) is 4.79 Å². The van der Waals surface area contributed by atoms with Gasteiger partial charge in [-0.25, -0.2) is 4.68 Å². The SMILES string of the molecule is CC1OCCC1C(=O)Nc1ccnn1-c1ccc(N)cc1. The average Bonchev–Trinajstić information content (AvgIpc) is 3.09. The predicted molar refractivity (Wildman–Crippen MR) is 80.1 cm³/mol. The summed E-state index contributed by atoms with van der Waals surface area (Å²) in [6.45, 7) is 2.56. The Bertz CT molecular complexity index is 635. The fraction of sp³-hybridized carbons (Fsp3) is 0.333. The monoisotopic (exact) mass is 286 g/mol. The zero-order chi connectivity index (χ0) is 14.8. The highest BCUT2D eigenvalue weighted by atomic mass is 16.5. The number of ether oxygens (including phenoxy) is 1. The van der Waals surface area contributed by atoms with Gasteiger partial charge in [-0.1, -0.05) is 0 Å². The highest BCUT2D eigenvalue weighted by molar-refractivity contribution is 5.92. The van der Waals surface area contributed by atoms with Gasteiger partial charge in [-0.2, -0.15) is 5.10 Å². The first-order valence-electron chi connectivity index (χ1n) is 6.97. The lowest BCUT2D eigenvalue weighted by Crippen LogP contribution is -2.28. The molecule has 110 valence electrons. The van der Waals surface area contributed by atoms with E-state index < -0.39 is 0 Å². The Morgan fingerprint density at radius 1 is 1.38 bits per heavy atom. The number of aromatic nitrogens is 2. The minimum Gasteiger partial charge on any atom is -0.399 e. The maximum Gasteiger partial charge on any atom is 0.231 e. The van der Waals surface area contributed by atoms with Crippen molar-refractivity contribution < 1.29 is 9.53 Å². The molecule has 1 saturated heterocycles. The summed E-state index contributed by atoms with van der Waals surface area (Å²) in [6, 6.07) is 9.10. The van der Waals surface area contributed by atoms with E-state index in [1.165, 1.54) is 0 Å². The van der Waals surface area contributed by atoms with E-state index in [1.807, 2.05) is 19.1 Å². The third-order valence-electron chi connectivity index (χ3n) is 3.74. The van der Waals surface area contributed by atoms with Gasteiger partial charge < -0.3 is 15.8 Å². The summed E-state index contributed by atoms with van der Waals surface area (Å²) in [7, 11) is 0. The van der Waals surface area contributed by atoms with Crippen LogP contribution in [0.4, 0.5) is 11.5 Å². The van der Waals surface area contributed by atoms with Crippen molar-refractivity contribution in [2.24, 2.45) is 5.92 Å². The van der Waals surface area contributed by atoms with E-state index in [-0.39, 0.29) is 17.9 Å². The van der Waals surface area contributed by atoms with Crippen LogP contribution >= 0.6 is 0 Å². The van der Waals surface area contributed by atoms with Gasteiger partial charge in [0.15, 0.2) is 0 Å². The van der Waals surface area contributed by atoms with Crippen LogP contribution in [0.2, 0.25) is 0 Å². The molecule has 2 atom stereocenters. The highest BCUT2D eigenvalue weighted by Crippen LogP contribution is 2.23. The number of nitrogens with two attached hydrogens (primary N) is 1. The number of carbonyl (C=O) groups is 1. The summed E-state index contributed by atoms with van der Waals surface area (Å²) in [5.41, 5.74) is 7.22. The topological polar surface area (TPSA) is 82.2 Å². The molecule has 1 aliphatic rings. The third kappa shape index (κ3) is 2.75. The summed E-state index contributed by atoms with van der Waals surface area (Å²) in [5.74, 6) is 0.501. The number of nitrogens with zero attached hydrogens (tertiary/aromatic N) is 2. The Morgan fingerprint density at radius 2 is 2.14 bits per heavy atom. The van der Waals surface area contributed by atoms with Crippen molar-refractivity contribution in [3.8, 4) is 5.69 Å².